The smallest absolute Gasteiger partial charge is 0.255 e. The zero-order chi connectivity index (χ0) is 19.9. The van der Waals surface area contributed by atoms with Crippen LogP contribution in [0.2, 0.25) is 0 Å². The molecule has 2 aromatic rings. The summed E-state index contributed by atoms with van der Waals surface area (Å²) in [4.78, 5) is 12.3. The first-order valence-electron chi connectivity index (χ1n) is 9.82. The van der Waals surface area contributed by atoms with Gasteiger partial charge in [-0.15, -0.1) is 0 Å². The Labute approximate surface area is 166 Å². The number of hydrogen-bond acceptors (Lipinski definition) is 4. The maximum atomic E-state index is 12.3. The zero-order valence-electron chi connectivity index (χ0n) is 16.4. The molecule has 1 amide bonds. The van der Waals surface area contributed by atoms with Crippen LogP contribution in [0.5, 0.6) is 0 Å². The Morgan fingerprint density at radius 1 is 1.07 bits per heavy atom. The topological polar surface area (TPSA) is 74.2 Å². The van der Waals surface area contributed by atoms with E-state index in [0.717, 1.165) is 31.7 Å². The molecule has 0 spiro atoms. The van der Waals surface area contributed by atoms with E-state index in [2.05, 4.69) is 24.5 Å². The monoisotopic (exact) mass is 377 g/mol. The quantitative estimate of drug-likeness (QED) is 0.788. The summed E-state index contributed by atoms with van der Waals surface area (Å²) in [5, 5.41) is 15.4. The summed E-state index contributed by atoms with van der Waals surface area (Å²) in [7, 11) is 0. The fourth-order valence-corrected chi connectivity index (χ4v) is 3.60. The van der Waals surface area contributed by atoms with E-state index in [1.165, 1.54) is 5.56 Å². The number of carbonyl (C=O) groups is 1. The van der Waals surface area contributed by atoms with Crippen molar-refractivity contribution >= 4 is 11.6 Å². The predicted octanol–water partition coefficient (Wildman–Crippen LogP) is 4.28. The molecule has 0 radical (unpaired) electrons. The molecule has 0 bridgehead atoms. The third-order valence-electron chi connectivity index (χ3n) is 5.43. The van der Waals surface area contributed by atoms with Crippen LogP contribution in [0.4, 0.5) is 5.69 Å². The van der Waals surface area contributed by atoms with Crippen LogP contribution in [0.3, 0.4) is 0 Å². The normalized spacial score (nSPS) is 16.8. The van der Waals surface area contributed by atoms with Crippen molar-refractivity contribution in [2.45, 2.75) is 38.8 Å². The molecule has 1 fully saturated rings. The summed E-state index contributed by atoms with van der Waals surface area (Å²) < 4.78 is 5.45. The van der Waals surface area contributed by atoms with E-state index in [4.69, 9.17) is 10.00 Å². The van der Waals surface area contributed by atoms with Crippen LogP contribution >= 0.6 is 0 Å². The molecule has 1 unspecified atom stereocenters. The lowest BCUT2D eigenvalue weighted by molar-refractivity contribution is 0.0547. The van der Waals surface area contributed by atoms with E-state index in [9.17, 15) is 4.79 Å². The van der Waals surface area contributed by atoms with Crippen LogP contribution in [0.25, 0.3) is 0 Å². The lowest BCUT2D eigenvalue weighted by Crippen LogP contribution is -2.38. The van der Waals surface area contributed by atoms with E-state index in [0.29, 0.717) is 23.1 Å². The van der Waals surface area contributed by atoms with E-state index in [1.54, 1.807) is 24.3 Å². The van der Waals surface area contributed by atoms with Crippen molar-refractivity contribution in [3.05, 3.63) is 65.2 Å². The molecule has 5 heteroatoms. The average Bonchev–Trinajstić information content (AvgIpc) is 2.74. The lowest BCUT2D eigenvalue weighted by Gasteiger charge is -2.31. The van der Waals surface area contributed by atoms with Gasteiger partial charge in [-0.05, 0) is 74.6 Å². The Bertz CT molecular complexity index is 818. The molecule has 0 aromatic heterocycles. The molecule has 0 aliphatic carbocycles. The summed E-state index contributed by atoms with van der Waals surface area (Å²) in [6.45, 7) is 6.14. The first kappa shape index (κ1) is 20.1. The van der Waals surface area contributed by atoms with Crippen molar-refractivity contribution in [2.75, 3.05) is 18.5 Å². The van der Waals surface area contributed by atoms with Crippen LogP contribution in [0, 0.1) is 17.2 Å². The molecule has 2 aromatic carbocycles. The molecule has 1 aliphatic heterocycles. The molecule has 146 valence electrons. The van der Waals surface area contributed by atoms with Crippen LogP contribution in [-0.2, 0) is 4.74 Å². The summed E-state index contributed by atoms with van der Waals surface area (Å²) in [6.07, 6.45) is 2.22. The third kappa shape index (κ3) is 5.19. The number of nitriles is 1. The fraction of sp³-hybridized carbons (Fsp3) is 0.391. The Balaban J connectivity index is 1.56. The Hall–Kier alpha value is -2.68. The highest BCUT2D eigenvalue weighted by Gasteiger charge is 2.21. The van der Waals surface area contributed by atoms with Gasteiger partial charge in [-0.1, -0.05) is 12.1 Å². The third-order valence-corrected chi connectivity index (χ3v) is 5.43. The lowest BCUT2D eigenvalue weighted by atomic mass is 9.92. The minimum absolute atomic E-state index is 0.184. The number of carbonyl (C=O) groups excluding carboxylic acids is 1. The maximum Gasteiger partial charge on any atom is 0.255 e. The molecular weight excluding hydrogens is 350 g/mol. The van der Waals surface area contributed by atoms with Gasteiger partial charge in [0.25, 0.3) is 5.91 Å². The number of anilines is 1. The van der Waals surface area contributed by atoms with E-state index >= 15 is 0 Å². The van der Waals surface area contributed by atoms with Crippen LogP contribution in [0.15, 0.2) is 48.5 Å². The molecule has 1 heterocycles. The van der Waals surface area contributed by atoms with Gasteiger partial charge in [0.05, 0.1) is 11.6 Å². The van der Waals surface area contributed by atoms with Gasteiger partial charge in [0.15, 0.2) is 0 Å². The van der Waals surface area contributed by atoms with Gasteiger partial charge in [-0.2, -0.15) is 5.26 Å². The van der Waals surface area contributed by atoms with Gasteiger partial charge in [0.1, 0.15) is 0 Å². The van der Waals surface area contributed by atoms with Gasteiger partial charge < -0.3 is 15.4 Å². The highest BCUT2D eigenvalue weighted by atomic mass is 16.5. The number of nitrogens with one attached hydrogen (secondary N) is 2. The number of amides is 1. The number of benzene rings is 2. The average molecular weight is 377 g/mol. The van der Waals surface area contributed by atoms with E-state index < -0.39 is 0 Å². The van der Waals surface area contributed by atoms with Crippen LogP contribution in [0.1, 0.15) is 54.2 Å². The molecule has 1 aliphatic rings. The van der Waals surface area contributed by atoms with Gasteiger partial charge in [0.2, 0.25) is 0 Å². The predicted molar refractivity (Wildman–Crippen MR) is 110 cm³/mol. The Kier molecular flexibility index (Phi) is 6.80. The molecule has 0 saturated carbocycles. The van der Waals surface area contributed by atoms with Crippen molar-refractivity contribution < 1.29 is 9.53 Å². The first-order valence-corrected chi connectivity index (χ1v) is 9.82. The standard InChI is InChI=1S/C23H27N3O2/c1-16(25-17(2)20-11-13-28-14-12-20)19-7-9-22(10-8-19)26-23(27)21-5-3-18(15-24)4-6-21/h3-10,16-17,20,25H,11-14H2,1-2H3,(H,26,27)/t16?,17-/m1/s1. The second kappa shape index (κ2) is 9.50. The van der Waals surface area contributed by atoms with Gasteiger partial charge in [0, 0.05) is 36.5 Å². The zero-order valence-corrected chi connectivity index (χ0v) is 16.4. The van der Waals surface area contributed by atoms with Crippen LogP contribution < -0.4 is 10.6 Å². The number of ether oxygens (including phenoxy) is 1. The fourth-order valence-electron chi connectivity index (χ4n) is 3.60. The van der Waals surface area contributed by atoms with Crippen LogP contribution in [-0.4, -0.2) is 25.2 Å². The summed E-state index contributed by atoms with van der Waals surface area (Å²) in [6, 6.07) is 17.3. The Morgan fingerprint density at radius 2 is 1.71 bits per heavy atom. The first-order chi connectivity index (χ1) is 13.6. The molecule has 1 saturated heterocycles. The molecule has 5 nitrogen and oxygen atoms in total. The molecule has 3 rings (SSSR count). The summed E-state index contributed by atoms with van der Waals surface area (Å²) in [5.41, 5.74) is 3.01. The molecule has 2 N–H and O–H groups in total. The number of hydrogen-bond donors (Lipinski definition) is 2. The van der Waals surface area contributed by atoms with E-state index in [-0.39, 0.29) is 11.9 Å². The van der Waals surface area contributed by atoms with Gasteiger partial charge in [-0.25, -0.2) is 0 Å². The van der Waals surface area contributed by atoms with Crippen molar-refractivity contribution in [3.63, 3.8) is 0 Å². The summed E-state index contributed by atoms with van der Waals surface area (Å²) >= 11 is 0. The summed E-state index contributed by atoms with van der Waals surface area (Å²) in [5.74, 6) is 0.471. The second-order valence-corrected chi connectivity index (χ2v) is 7.39. The number of rotatable bonds is 6. The number of nitrogens with zero attached hydrogens (tertiary/aromatic N) is 1. The van der Waals surface area contributed by atoms with Gasteiger partial charge >= 0.3 is 0 Å². The van der Waals surface area contributed by atoms with Crippen molar-refractivity contribution in [1.82, 2.24) is 5.32 Å². The second-order valence-electron chi connectivity index (χ2n) is 7.39. The Morgan fingerprint density at radius 3 is 2.32 bits per heavy atom. The van der Waals surface area contributed by atoms with E-state index in [1.807, 2.05) is 30.3 Å². The largest absolute Gasteiger partial charge is 0.381 e. The van der Waals surface area contributed by atoms with Gasteiger partial charge in [-0.3, -0.25) is 4.79 Å². The molecule has 28 heavy (non-hydrogen) atoms. The highest BCUT2D eigenvalue weighted by molar-refractivity contribution is 6.04. The SMILES string of the molecule is CC(N[C@H](C)C1CCOCC1)c1ccc(NC(=O)c2ccc(C#N)cc2)cc1. The minimum Gasteiger partial charge on any atom is -0.381 e. The minimum atomic E-state index is -0.184. The maximum absolute atomic E-state index is 12.3. The van der Waals surface area contributed by atoms with Crippen molar-refractivity contribution in [3.8, 4) is 6.07 Å². The van der Waals surface area contributed by atoms with Crippen molar-refractivity contribution in [2.24, 2.45) is 5.92 Å². The molecule has 2 atom stereocenters. The van der Waals surface area contributed by atoms with Crippen molar-refractivity contribution in [1.29, 1.82) is 5.26 Å². The highest BCUT2D eigenvalue weighted by Crippen LogP contribution is 2.22. The molecular formula is C23H27N3O2.